The Bertz CT molecular complexity index is 390. The van der Waals surface area contributed by atoms with Crippen molar-refractivity contribution in [1.82, 2.24) is 4.98 Å². The smallest absolute Gasteiger partial charge is 0.136 e. The van der Waals surface area contributed by atoms with Gasteiger partial charge in [-0.15, -0.1) is 0 Å². The van der Waals surface area contributed by atoms with E-state index >= 15 is 0 Å². The second kappa shape index (κ2) is 6.55. The van der Waals surface area contributed by atoms with E-state index in [1.54, 1.807) is 6.20 Å². The summed E-state index contributed by atoms with van der Waals surface area (Å²) < 4.78 is 0. The molecule has 3 N–H and O–H groups in total. The lowest BCUT2D eigenvalue weighted by atomic mass is 10.1. The van der Waals surface area contributed by atoms with Crippen molar-refractivity contribution in [2.24, 2.45) is 5.73 Å². The molecule has 1 unspecified atom stereocenters. The van der Waals surface area contributed by atoms with Gasteiger partial charge in [-0.05, 0) is 31.4 Å². The molecule has 0 bridgehead atoms. The van der Waals surface area contributed by atoms with Crippen LogP contribution in [-0.4, -0.2) is 16.0 Å². The zero-order chi connectivity index (χ0) is 12.8. The molecule has 0 saturated heterocycles. The summed E-state index contributed by atoms with van der Waals surface area (Å²) in [5, 5.41) is 3.44. The summed E-state index contributed by atoms with van der Waals surface area (Å²) in [5.41, 5.74) is 7.70. The van der Waals surface area contributed by atoms with E-state index in [1.165, 1.54) is 0 Å². The van der Waals surface area contributed by atoms with Gasteiger partial charge >= 0.3 is 0 Å². The highest BCUT2D eigenvalue weighted by molar-refractivity contribution is 7.80. The first-order valence-corrected chi connectivity index (χ1v) is 6.52. The summed E-state index contributed by atoms with van der Waals surface area (Å²) in [6, 6.07) is 2.36. The third kappa shape index (κ3) is 3.66. The Hall–Kier alpha value is -1.16. The van der Waals surface area contributed by atoms with Gasteiger partial charge in [-0.1, -0.05) is 32.5 Å². The quantitative estimate of drug-likeness (QED) is 0.763. The van der Waals surface area contributed by atoms with E-state index in [2.05, 4.69) is 24.1 Å². The number of hydrogen-bond acceptors (Lipinski definition) is 3. The summed E-state index contributed by atoms with van der Waals surface area (Å²) in [6.07, 6.45) is 5.14. The van der Waals surface area contributed by atoms with Crippen LogP contribution in [0.5, 0.6) is 0 Å². The van der Waals surface area contributed by atoms with Crippen molar-refractivity contribution in [3.05, 3.63) is 23.4 Å². The largest absolute Gasteiger partial charge is 0.389 e. The van der Waals surface area contributed by atoms with E-state index in [1.807, 2.05) is 13.0 Å². The Balaban J connectivity index is 2.97. The summed E-state index contributed by atoms with van der Waals surface area (Å²) in [5.74, 6) is 0.817. The Morgan fingerprint density at radius 3 is 2.76 bits per heavy atom. The molecule has 0 aliphatic heterocycles. The molecular formula is C13H21N3S. The molecular weight excluding hydrogens is 230 g/mol. The topological polar surface area (TPSA) is 50.9 Å². The molecule has 1 rings (SSSR count). The van der Waals surface area contributed by atoms with Crippen molar-refractivity contribution in [2.75, 3.05) is 5.32 Å². The van der Waals surface area contributed by atoms with Crippen LogP contribution in [0, 0.1) is 6.92 Å². The first-order chi connectivity index (χ1) is 8.10. The van der Waals surface area contributed by atoms with Crippen molar-refractivity contribution in [2.45, 2.75) is 46.1 Å². The van der Waals surface area contributed by atoms with E-state index in [0.29, 0.717) is 11.0 Å². The molecule has 4 heteroatoms. The van der Waals surface area contributed by atoms with Crippen LogP contribution >= 0.6 is 12.2 Å². The first-order valence-electron chi connectivity index (χ1n) is 6.12. The number of anilines is 1. The van der Waals surface area contributed by atoms with E-state index in [9.17, 15) is 0 Å². The van der Waals surface area contributed by atoms with Crippen molar-refractivity contribution in [1.29, 1.82) is 0 Å². The lowest BCUT2D eigenvalue weighted by Crippen LogP contribution is -2.23. The van der Waals surface area contributed by atoms with Gasteiger partial charge in [-0.3, -0.25) is 0 Å². The van der Waals surface area contributed by atoms with Gasteiger partial charge in [0.05, 0.1) is 5.56 Å². The number of nitrogens with two attached hydrogens (primary N) is 1. The molecule has 0 aliphatic rings. The molecule has 1 heterocycles. The van der Waals surface area contributed by atoms with Crippen molar-refractivity contribution < 1.29 is 0 Å². The second-order valence-corrected chi connectivity index (χ2v) is 4.69. The van der Waals surface area contributed by atoms with Gasteiger partial charge in [0.2, 0.25) is 0 Å². The van der Waals surface area contributed by atoms with E-state index < -0.39 is 0 Å². The molecule has 0 spiro atoms. The average molecular weight is 251 g/mol. The molecule has 0 radical (unpaired) electrons. The zero-order valence-corrected chi connectivity index (χ0v) is 11.6. The maximum absolute atomic E-state index is 5.76. The van der Waals surface area contributed by atoms with Crippen LogP contribution in [0.15, 0.2) is 12.3 Å². The van der Waals surface area contributed by atoms with Gasteiger partial charge in [-0.25, -0.2) is 4.98 Å². The summed E-state index contributed by atoms with van der Waals surface area (Å²) >= 11 is 5.09. The van der Waals surface area contributed by atoms with E-state index in [4.69, 9.17) is 18.0 Å². The van der Waals surface area contributed by atoms with Gasteiger partial charge in [-0.2, -0.15) is 0 Å². The Morgan fingerprint density at radius 1 is 1.53 bits per heavy atom. The van der Waals surface area contributed by atoms with Crippen LogP contribution < -0.4 is 11.1 Å². The Labute approximate surface area is 109 Å². The molecule has 0 aliphatic carbocycles. The number of nitrogens with one attached hydrogen (secondary N) is 1. The third-order valence-electron chi connectivity index (χ3n) is 2.88. The minimum absolute atomic E-state index is 0.407. The maximum Gasteiger partial charge on any atom is 0.136 e. The zero-order valence-electron chi connectivity index (χ0n) is 10.8. The molecule has 3 nitrogen and oxygen atoms in total. The highest BCUT2D eigenvalue weighted by Gasteiger charge is 2.13. The number of pyridine rings is 1. The maximum atomic E-state index is 5.76. The van der Waals surface area contributed by atoms with Gasteiger partial charge < -0.3 is 11.1 Å². The van der Waals surface area contributed by atoms with Crippen LogP contribution in [0.2, 0.25) is 0 Å². The fourth-order valence-electron chi connectivity index (χ4n) is 1.90. The minimum atomic E-state index is 0.407. The third-order valence-corrected chi connectivity index (χ3v) is 3.08. The van der Waals surface area contributed by atoms with Gasteiger partial charge in [0, 0.05) is 12.2 Å². The Kier molecular flexibility index (Phi) is 5.35. The Morgan fingerprint density at radius 2 is 2.24 bits per heavy atom. The predicted octanol–water partition coefficient (Wildman–Crippen LogP) is 3.01. The average Bonchev–Trinajstić information content (AvgIpc) is 2.28. The fourth-order valence-corrected chi connectivity index (χ4v) is 2.16. The highest BCUT2D eigenvalue weighted by atomic mass is 32.1. The summed E-state index contributed by atoms with van der Waals surface area (Å²) in [4.78, 5) is 4.76. The number of aromatic nitrogens is 1. The molecule has 0 amide bonds. The standard InChI is InChI=1S/C13H21N3S/c1-4-6-10(5-2)16-13-11(12(14)17)9(3)7-8-15-13/h7-8,10H,4-6H2,1-3H3,(H2,14,17)(H,15,16). The van der Waals surface area contributed by atoms with Crippen molar-refractivity contribution in [3.63, 3.8) is 0 Å². The van der Waals surface area contributed by atoms with Crippen LogP contribution in [-0.2, 0) is 0 Å². The van der Waals surface area contributed by atoms with E-state index in [0.717, 1.165) is 36.2 Å². The number of hydrogen-bond donors (Lipinski definition) is 2. The molecule has 94 valence electrons. The van der Waals surface area contributed by atoms with Gasteiger partial charge in [0.1, 0.15) is 10.8 Å². The number of nitrogens with zero attached hydrogens (tertiary/aromatic N) is 1. The molecule has 1 atom stereocenters. The number of aryl methyl sites for hydroxylation is 1. The van der Waals surface area contributed by atoms with Crippen LogP contribution in [0.4, 0.5) is 5.82 Å². The molecule has 0 aromatic carbocycles. The minimum Gasteiger partial charge on any atom is -0.389 e. The van der Waals surface area contributed by atoms with Gasteiger partial charge in [0.25, 0.3) is 0 Å². The molecule has 1 aromatic rings. The summed E-state index contributed by atoms with van der Waals surface area (Å²) in [6.45, 7) is 6.36. The molecule has 0 fully saturated rings. The highest BCUT2D eigenvalue weighted by Crippen LogP contribution is 2.19. The molecule has 17 heavy (non-hydrogen) atoms. The van der Waals surface area contributed by atoms with Crippen LogP contribution in [0.25, 0.3) is 0 Å². The predicted molar refractivity (Wildman–Crippen MR) is 77.5 cm³/mol. The van der Waals surface area contributed by atoms with Gasteiger partial charge in [0.15, 0.2) is 0 Å². The SMILES string of the molecule is CCCC(CC)Nc1nccc(C)c1C(N)=S. The monoisotopic (exact) mass is 251 g/mol. The van der Waals surface area contributed by atoms with Crippen LogP contribution in [0.1, 0.15) is 44.2 Å². The number of thiocarbonyl (C=S) groups is 1. The lowest BCUT2D eigenvalue weighted by molar-refractivity contribution is 0.620. The van der Waals surface area contributed by atoms with Crippen molar-refractivity contribution >= 4 is 23.0 Å². The normalized spacial score (nSPS) is 12.2. The summed E-state index contributed by atoms with van der Waals surface area (Å²) in [7, 11) is 0. The van der Waals surface area contributed by atoms with E-state index in [-0.39, 0.29) is 0 Å². The van der Waals surface area contributed by atoms with Crippen LogP contribution in [0.3, 0.4) is 0 Å². The first kappa shape index (κ1) is 13.9. The molecule has 1 aromatic heterocycles. The fraction of sp³-hybridized carbons (Fsp3) is 0.538. The number of rotatable bonds is 6. The molecule has 0 saturated carbocycles. The van der Waals surface area contributed by atoms with Crippen molar-refractivity contribution in [3.8, 4) is 0 Å². The lowest BCUT2D eigenvalue weighted by Gasteiger charge is -2.19. The second-order valence-electron chi connectivity index (χ2n) is 4.25.